The Hall–Kier alpha value is -1.57. The van der Waals surface area contributed by atoms with Crippen LogP contribution in [0.2, 0.25) is 0 Å². The fourth-order valence-electron chi connectivity index (χ4n) is 2.66. The predicted molar refractivity (Wildman–Crippen MR) is 99.7 cm³/mol. The largest absolute Gasteiger partial charge is 0.370 e. The van der Waals surface area contributed by atoms with Gasteiger partial charge < -0.3 is 11.1 Å². The van der Waals surface area contributed by atoms with Crippen molar-refractivity contribution in [3.05, 3.63) is 48.3 Å². The molecule has 0 unspecified atom stereocenters. The maximum atomic E-state index is 5.92. The lowest BCUT2D eigenvalue weighted by Gasteiger charge is -2.11. The fourth-order valence-corrected chi connectivity index (χ4v) is 2.66. The zero-order chi connectivity index (χ0) is 14.5. The van der Waals surface area contributed by atoms with Crippen LogP contribution in [0.5, 0.6) is 0 Å². The van der Waals surface area contributed by atoms with Crippen LogP contribution in [0.1, 0.15) is 31.4 Å². The Morgan fingerprint density at radius 2 is 1.95 bits per heavy atom. The summed E-state index contributed by atoms with van der Waals surface area (Å²) in [6, 6.07) is 12.5. The smallest absolute Gasteiger partial charge is 0.189 e. The van der Waals surface area contributed by atoms with Gasteiger partial charge in [-0.2, -0.15) is 5.10 Å². The number of aromatic nitrogens is 2. The SMILES string of the molecule is I.NC(=NCc1ccn(-c2ccccc2)n1)NC1CCCC1. The second-order valence-electron chi connectivity index (χ2n) is 5.41. The zero-order valence-corrected chi connectivity index (χ0v) is 14.8. The summed E-state index contributed by atoms with van der Waals surface area (Å²) in [6.07, 6.45) is 6.90. The van der Waals surface area contributed by atoms with E-state index in [9.17, 15) is 0 Å². The molecule has 0 atom stereocenters. The Kier molecular flexibility index (Phi) is 6.23. The van der Waals surface area contributed by atoms with Crippen LogP contribution in [-0.2, 0) is 6.54 Å². The van der Waals surface area contributed by atoms with Gasteiger partial charge in [-0.25, -0.2) is 9.67 Å². The van der Waals surface area contributed by atoms with Gasteiger partial charge in [0.25, 0.3) is 0 Å². The molecule has 0 saturated heterocycles. The van der Waals surface area contributed by atoms with Crippen molar-refractivity contribution in [1.29, 1.82) is 0 Å². The number of nitrogens with zero attached hydrogens (tertiary/aromatic N) is 3. The molecule has 2 aromatic rings. The molecule has 1 aliphatic carbocycles. The third kappa shape index (κ3) is 4.46. The normalized spacial score (nSPS) is 15.5. The number of benzene rings is 1. The molecule has 3 rings (SSSR count). The molecule has 0 aliphatic heterocycles. The van der Waals surface area contributed by atoms with Crippen molar-refractivity contribution >= 4 is 29.9 Å². The van der Waals surface area contributed by atoms with Crippen LogP contribution in [-0.4, -0.2) is 21.8 Å². The van der Waals surface area contributed by atoms with Crippen LogP contribution < -0.4 is 11.1 Å². The molecule has 22 heavy (non-hydrogen) atoms. The minimum atomic E-state index is 0. The standard InChI is InChI=1S/C16H21N5.HI/c17-16(19-13-6-4-5-7-13)18-12-14-10-11-21(20-14)15-8-2-1-3-9-15;/h1-3,8-11,13H,4-7,12H2,(H3,17,18,19);1H. The predicted octanol–water partition coefficient (Wildman–Crippen LogP) is 2.84. The minimum Gasteiger partial charge on any atom is -0.370 e. The second kappa shape index (κ2) is 8.17. The third-order valence-corrected chi connectivity index (χ3v) is 3.78. The number of aliphatic imine (C=N–C) groups is 1. The topological polar surface area (TPSA) is 68.2 Å². The van der Waals surface area contributed by atoms with Crippen molar-refractivity contribution in [2.24, 2.45) is 10.7 Å². The first kappa shape index (κ1) is 16.8. The van der Waals surface area contributed by atoms with Crippen LogP contribution >= 0.6 is 24.0 Å². The van der Waals surface area contributed by atoms with E-state index in [0.717, 1.165) is 11.4 Å². The lowest BCUT2D eigenvalue weighted by Crippen LogP contribution is -2.38. The molecule has 0 spiro atoms. The van der Waals surface area contributed by atoms with Gasteiger partial charge in [0.15, 0.2) is 5.96 Å². The maximum absolute atomic E-state index is 5.92. The minimum absolute atomic E-state index is 0. The fraction of sp³-hybridized carbons (Fsp3) is 0.375. The number of halogens is 1. The summed E-state index contributed by atoms with van der Waals surface area (Å²) in [6.45, 7) is 0.505. The third-order valence-electron chi connectivity index (χ3n) is 3.78. The summed E-state index contributed by atoms with van der Waals surface area (Å²) in [7, 11) is 0. The monoisotopic (exact) mass is 411 g/mol. The molecule has 1 aromatic carbocycles. The van der Waals surface area contributed by atoms with Crippen molar-refractivity contribution in [3.8, 4) is 5.69 Å². The molecule has 118 valence electrons. The molecule has 1 fully saturated rings. The molecule has 1 saturated carbocycles. The van der Waals surface area contributed by atoms with Gasteiger partial charge in [-0.1, -0.05) is 31.0 Å². The van der Waals surface area contributed by atoms with Gasteiger partial charge >= 0.3 is 0 Å². The Morgan fingerprint density at radius 1 is 1.23 bits per heavy atom. The van der Waals surface area contributed by atoms with E-state index in [1.807, 2.05) is 47.3 Å². The first-order chi connectivity index (χ1) is 10.3. The zero-order valence-electron chi connectivity index (χ0n) is 12.5. The Labute approximate surface area is 148 Å². The van der Waals surface area contributed by atoms with Crippen LogP contribution in [0.4, 0.5) is 0 Å². The van der Waals surface area contributed by atoms with Gasteiger partial charge in [-0.15, -0.1) is 24.0 Å². The number of para-hydroxylation sites is 1. The molecule has 6 heteroatoms. The lowest BCUT2D eigenvalue weighted by molar-refractivity contribution is 0.625. The van der Waals surface area contributed by atoms with Gasteiger partial charge in [-0.3, -0.25) is 0 Å². The quantitative estimate of drug-likeness (QED) is 0.462. The summed E-state index contributed by atoms with van der Waals surface area (Å²) in [5.74, 6) is 0.524. The number of hydrogen-bond acceptors (Lipinski definition) is 2. The lowest BCUT2D eigenvalue weighted by atomic mass is 10.2. The highest BCUT2D eigenvalue weighted by atomic mass is 127. The molecule has 1 aromatic heterocycles. The van der Waals surface area contributed by atoms with E-state index in [1.54, 1.807) is 0 Å². The molecular formula is C16H22IN5. The van der Waals surface area contributed by atoms with Gasteiger partial charge in [0, 0.05) is 12.2 Å². The van der Waals surface area contributed by atoms with Gasteiger partial charge in [0.05, 0.1) is 17.9 Å². The van der Waals surface area contributed by atoms with E-state index in [1.165, 1.54) is 25.7 Å². The molecular weight excluding hydrogens is 389 g/mol. The molecule has 0 amide bonds. The van der Waals surface area contributed by atoms with Crippen molar-refractivity contribution in [1.82, 2.24) is 15.1 Å². The van der Waals surface area contributed by atoms with Gasteiger partial charge in [0.2, 0.25) is 0 Å². The highest BCUT2D eigenvalue weighted by molar-refractivity contribution is 14.0. The summed E-state index contributed by atoms with van der Waals surface area (Å²) in [4.78, 5) is 4.37. The summed E-state index contributed by atoms with van der Waals surface area (Å²) >= 11 is 0. The molecule has 0 bridgehead atoms. The number of rotatable bonds is 4. The molecule has 1 heterocycles. The molecule has 5 nitrogen and oxygen atoms in total. The first-order valence-electron chi connectivity index (χ1n) is 7.48. The number of nitrogens with two attached hydrogens (primary N) is 1. The first-order valence-corrected chi connectivity index (χ1v) is 7.48. The Balaban J connectivity index is 0.00000176. The van der Waals surface area contributed by atoms with Crippen molar-refractivity contribution in [2.45, 2.75) is 38.3 Å². The van der Waals surface area contributed by atoms with Crippen LogP contribution in [0, 0.1) is 0 Å². The Morgan fingerprint density at radius 3 is 2.68 bits per heavy atom. The summed E-state index contributed by atoms with van der Waals surface area (Å²) in [5.41, 5.74) is 7.88. The van der Waals surface area contributed by atoms with Crippen LogP contribution in [0.25, 0.3) is 5.69 Å². The van der Waals surface area contributed by atoms with Crippen molar-refractivity contribution in [2.75, 3.05) is 0 Å². The molecule has 1 aliphatic rings. The van der Waals surface area contributed by atoms with Crippen molar-refractivity contribution in [3.63, 3.8) is 0 Å². The van der Waals surface area contributed by atoms with Crippen molar-refractivity contribution < 1.29 is 0 Å². The summed E-state index contributed by atoms with van der Waals surface area (Å²) < 4.78 is 1.85. The van der Waals surface area contributed by atoms with E-state index in [-0.39, 0.29) is 24.0 Å². The highest BCUT2D eigenvalue weighted by Gasteiger charge is 2.14. The van der Waals surface area contributed by atoms with E-state index in [4.69, 9.17) is 5.73 Å². The van der Waals surface area contributed by atoms with Gasteiger partial charge in [0.1, 0.15) is 0 Å². The van der Waals surface area contributed by atoms with E-state index >= 15 is 0 Å². The molecule has 0 radical (unpaired) electrons. The van der Waals surface area contributed by atoms with Crippen LogP contribution in [0.15, 0.2) is 47.6 Å². The number of guanidine groups is 1. The second-order valence-corrected chi connectivity index (χ2v) is 5.41. The molecule has 3 N–H and O–H groups in total. The highest BCUT2D eigenvalue weighted by Crippen LogP contribution is 2.17. The number of hydrogen-bond donors (Lipinski definition) is 2. The van der Waals surface area contributed by atoms with Gasteiger partial charge in [-0.05, 0) is 31.0 Å². The van der Waals surface area contributed by atoms with E-state index < -0.39 is 0 Å². The number of nitrogens with one attached hydrogen (secondary N) is 1. The maximum Gasteiger partial charge on any atom is 0.189 e. The average molecular weight is 411 g/mol. The van der Waals surface area contributed by atoms with Crippen LogP contribution in [0.3, 0.4) is 0 Å². The van der Waals surface area contributed by atoms with E-state index in [2.05, 4.69) is 15.4 Å². The summed E-state index contributed by atoms with van der Waals surface area (Å²) in [5, 5.41) is 7.79. The average Bonchev–Trinajstić information content (AvgIpc) is 3.17. The Bertz CT molecular complexity index is 602. The van der Waals surface area contributed by atoms with E-state index in [0.29, 0.717) is 18.5 Å².